The molecule has 0 unspecified atom stereocenters. The van der Waals surface area contributed by atoms with E-state index in [0.717, 1.165) is 20.8 Å². The van der Waals surface area contributed by atoms with Crippen LogP contribution in [0, 0.1) is 6.92 Å². The minimum atomic E-state index is 0.209. The Morgan fingerprint density at radius 2 is 2.00 bits per heavy atom. The number of nitrogens with zero attached hydrogens (tertiary/aromatic N) is 2. The highest BCUT2D eigenvalue weighted by molar-refractivity contribution is 9.10. The van der Waals surface area contributed by atoms with Crippen LogP contribution in [0.15, 0.2) is 58.1 Å². The maximum atomic E-state index is 10.1. The van der Waals surface area contributed by atoms with Crippen molar-refractivity contribution in [2.75, 3.05) is 0 Å². The number of aromatic hydroxyl groups is 1. The number of phenolic OH excluding ortho intramolecular Hbond substituents is 1. The summed E-state index contributed by atoms with van der Waals surface area (Å²) in [5, 5.41) is 12.1. The predicted octanol–water partition coefficient (Wildman–Crippen LogP) is 4.76. The van der Waals surface area contributed by atoms with Crippen LogP contribution in [0.4, 0.5) is 5.82 Å². The lowest BCUT2D eigenvalue weighted by Crippen LogP contribution is -1.87. The second-order valence-corrected chi connectivity index (χ2v) is 5.73. The van der Waals surface area contributed by atoms with Gasteiger partial charge in [0, 0.05) is 22.4 Å². The third-order valence-electron chi connectivity index (χ3n) is 3.22. The topological polar surface area (TPSA) is 45.5 Å². The Morgan fingerprint density at radius 3 is 2.76 bits per heavy atom. The molecular formula is C17H13BrN2O. The second-order valence-electron chi connectivity index (χ2n) is 4.82. The van der Waals surface area contributed by atoms with Gasteiger partial charge >= 0.3 is 0 Å². The molecule has 21 heavy (non-hydrogen) atoms. The van der Waals surface area contributed by atoms with Gasteiger partial charge in [0.2, 0.25) is 0 Å². The average Bonchev–Trinajstić information content (AvgIpc) is 2.48. The number of fused-ring (bicyclic) bond motifs is 1. The molecule has 0 fully saturated rings. The van der Waals surface area contributed by atoms with Gasteiger partial charge in [-0.1, -0.05) is 34.1 Å². The molecule has 0 spiro atoms. The van der Waals surface area contributed by atoms with Gasteiger partial charge in [0.15, 0.2) is 5.82 Å². The Labute approximate surface area is 131 Å². The maximum Gasteiger partial charge on any atom is 0.151 e. The lowest BCUT2D eigenvalue weighted by Gasteiger charge is -2.05. The molecule has 0 amide bonds. The third-order valence-corrected chi connectivity index (χ3v) is 3.72. The molecular weight excluding hydrogens is 328 g/mol. The van der Waals surface area contributed by atoms with Gasteiger partial charge in [-0.15, -0.1) is 0 Å². The number of rotatable bonds is 2. The summed E-state index contributed by atoms with van der Waals surface area (Å²) < 4.78 is 1.00. The average molecular weight is 341 g/mol. The van der Waals surface area contributed by atoms with Crippen molar-refractivity contribution in [2.45, 2.75) is 6.92 Å². The van der Waals surface area contributed by atoms with Gasteiger partial charge in [0.05, 0.1) is 0 Å². The standard InChI is InChI=1S/C17H13BrN2O/c1-11-2-7-17(19-9-11)20-10-15-14-5-4-13(18)8-12(14)3-6-16(15)21/h2-10,21H,1H3. The van der Waals surface area contributed by atoms with Crippen molar-refractivity contribution in [1.82, 2.24) is 4.98 Å². The molecule has 1 aromatic heterocycles. The van der Waals surface area contributed by atoms with E-state index < -0.39 is 0 Å². The molecule has 0 saturated heterocycles. The zero-order valence-electron chi connectivity index (χ0n) is 11.4. The molecule has 4 heteroatoms. The Morgan fingerprint density at radius 1 is 1.14 bits per heavy atom. The number of aryl methyl sites for hydroxylation is 1. The van der Waals surface area contributed by atoms with Crippen molar-refractivity contribution in [2.24, 2.45) is 4.99 Å². The summed E-state index contributed by atoms with van der Waals surface area (Å²) in [6.45, 7) is 1.98. The Kier molecular flexibility index (Phi) is 3.71. The second kappa shape index (κ2) is 5.66. The van der Waals surface area contributed by atoms with Gasteiger partial charge in [-0.2, -0.15) is 0 Å². The maximum absolute atomic E-state index is 10.1. The summed E-state index contributed by atoms with van der Waals surface area (Å²) in [5.74, 6) is 0.829. The van der Waals surface area contributed by atoms with Gasteiger partial charge < -0.3 is 5.11 Å². The summed E-state index contributed by atoms with van der Waals surface area (Å²) in [7, 11) is 0. The first kappa shape index (κ1) is 13.8. The zero-order valence-corrected chi connectivity index (χ0v) is 13.0. The highest BCUT2D eigenvalue weighted by atomic mass is 79.9. The number of hydrogen-bond acceptors (Lipinski definition) is 3. The van der Waals surface area contributed by atoms with Gasteiger partial charge in [-0.3, -0.25) is 0 Å². The first-order valence-electron chi connectivity index (χ1n) is 6.51. The Hall–Kier alpha value is -2.20. The monoisotopic (exact) mass is 340 g/mol. The van der Waals surface area contributed by atoms with Crippen LogP contribution in [0.3, 0.4) is 0 Å². The molecule has 0 aliphatic heterocycles. The van der Waals surface area contributed by atoms with Crippen LogP contribution >= 0.6 is 15.9 Å². The van der Waals surface area contributed by atoms with Gasteiger partial charge in [-0.05, 0) is 47.5 Å². The molecule has 104 valence electrons. The van der Waals surface area contributed by atoms with E-state index in [0.29, 0.717) is 11.4 Å². The van der Waals surface area contributed by atoms with E-state index in [4.69, 9.17) is 0 Å². The van der Waals surface area contributed by atoms with Crippen LogP contribution in [0.2, 0.25) is 0 Å². The van der Waals surface area contributed by atoms with Crippen molar-refractivity contribution >= 4 is 38.7 Å². The summed E-state index contributed by atoms with van der Waals surface area (Å²) in [6, 6.07) is 13.3. The predicted molar refractivity (Wildman–Crippen MR) is 89.5 cm³/mol. The van der Waals surface area contributed by atoms with Crippen LogP contribution in [0.25, 0.3) is 10.8 Å². The number of pyridine rings is 1. The number of halogens is 1. The molecule has 1 heterocycles. The fourth-order valence-corrected chi connectivity index (χ4v) is 2.49. The fourth-order valence-electron chi connectivity index (χ4n) is 2.12. The van der Waals surface area contributed by atoms with E-state index in [9.17, 15) is 5.11 Å². The van der Waals surface area contributed by atoms with E-state index in [2.05, 4.69) is 25.9 Å². The Balaban J connectivity index is 2.07. The third kappa shape index (κ3) is 2.95. The van der Waals surface area contributed by atoms with Crippen LogP contribution in [0.1, 0.15) is 11.1 Å². The summed E-state index contributed by atoms with van der Waals surface area (Å²) in [6.07, 6.45) is 3.43. The quantitative estimate of drug-likeness (QED) is 0.683. The number of benzene rings is 2. The van der Waals surface area contributed by atoms with Gasteiger partial charge in [0.1, 0.15) is 5.75 Å². The molecule has 0 radical (unpaired) electrons. The number of phenols is 1. The smallest absolute Gasteiger partial charge is 0.151 e. The molecule has 0 atom stereocenters. The normalized spacial score (nSPS) is 11.3. The van der Waals surface area contributed by atoms with Crippen molar-refractivity contribution < 1.29 is 5.11 Å². The van der Waals surface area contributed by atoms with Gasteiger partial charge in [0.25, 0.3) is 0 Å². The lowest BCUT2D eigenvalue weighted by atomic mass is 10.0. The summed E-state index contributed by atoms with van der Waals surface area (Å²) in [4.78, 5) is 8.57. The van der Waals surface area contributed by atoms with E-state index >= 15 is 0 Å². The van der Waals surface area contributed by atoms with Crippen LogP contribution < -0.4 is 0 Å². The van der Waals surface area contributed by atoms with Crippen LogP contribution in [-0.4, -0.2) is 16.3 Å². The molecule has 1 N–H and O–H groups in total. The van der Waals surface area contributed by atoms with E-state index in [-0.39, 0.29) is 5.75 Å². The minimum Gasteiger partial charge on any atom is -0.507 e. The molecule has 0 aliphatic rings. The zero-order chi connectivity index (χ0) is 14.8. The SMILES string of the molecule is Cc1ccc(N=Cc2c(O)ccc3cc(Br)ccc23)nc1. The molecule has 0 bridgehead atoms. The van der Waals surface area contributed by atoms with Crippen molar-refractivity contribution in [3.05, 3.63) is 64.3 Å². The Bertz CT molecular complexity index is 826. The number of hydrogen-bond donors (Lipinski definition) is 1. The van der Waals surface area contributed by atoms with Gasteiger partial charge in [-0.25, -0.2) is 9.98 Å². The molecule has 2 aromatic carbocycles. The molecule has 3 aromatic rings. The van der Waals surface area contributed by atoms with Crippen molar-refractivity contribution in [3.63, 3.8) is 0 Å². The van der Waals surface area contributed by atoms with E-state index in [1.165, 1.54) is 0 Å². The first-order chi connectivity index (χ1) is 10.1. The molecule has 3 rings (SSSR count). The lowest BCUT2D eigenvalue weighted by molar-refractivity contribution is 0.475. The van der Waals surface area contributed by atoms with Crippen LogP contribution in [-0.2, 0) is 0 Å². The molecule has 0 saturated carbocycles. The fraction of sp³-hybridized carbons (Fsp3) is 0.0588. The minimum absolute atomic E-state index is 0.209. The first-order valence-corrected chi connectivity index (χ1v) is 7.31. The number of aliphatic imine (C=N–C) groups is 1. The summed E-state index contributed by atoms with van der Waals surface area (Å²) >= 11 is 3.45. The number of aromatic nitrogens is 1. The molecule has 3 nitrogen and oxygen atoms in total. The highest BCUT2D eigenvalue weighted by Gasteiger charge is 2.05. The largest absolute Gasteiger partial charge is 0.507 e. The van der Waals surface area contributed by atoms with E-state index in [1.54, 1.807) is 18.5 Å². The summed E-state index contributed by atoms with van der Waals surface area (Å²) in [5.41, 5.74) is 1.79. The van der Waals surface area contributed by atoms with Crippen molar-refractivity contribution in [1.29, 1.82) is 0 Å². The van der Waals surface area contributed by atoms with Crippen LogP contribution in [0.5, 0.6) is 5.75 Å². The van der Waals surface area contributed by atoms with E-state index in [1.807, 2.05) is 43.3 Å². The van der Waals surface area contributed by atoms with Crippen molar-refractivity contribution in [3.8, 4) is 5.75 Å². The molecule has 0 aliphatic carbocycles. The highest BCUT2D eigenvalue weighted by Crippen LogP contribution is 2.28.